The van der Waals surface area contributed by atoms with Gasteiger partial charge in [-0.05, 0) is 89.4 Å². The highest BCUT2D eigenvalue weighted by atomic mass is 16.1. The number of benzene rings is 3. The van der Waals surface area contributed by atoms with Crippen molar-refractivity contribution in [2.24, 2.45) is 0 Å². The van der Waals surface area contributed by atoms with E-state index in [-0.39, 0.29) is 11.6 Å². The van der Waals surface area contributed by atoms with E-state index in [1.54, 1.807) is 0 Å². The molecule has 0 unspecified atom stereocenters. The molecule has 200 valence electrons. The monoisotopic (exact) mass is 520 g/mol. The van der Waals surface area contributed by atoms with Gasteiger partial charge < -0.3 is 4.98 Å². The quantitative estimate of drug-likeness (QED) is 0.246. The van der Waals surface area contributed by atoms with E-state index in [0.717, 1.165) is 48.1 Å². The fourth-order valence-corrected chi connectivity index (χ4v) is 5.21. The average molecular weight is 521 g/mol. The van der Waals surface area contributed by atoms with Gasteiger partial charge in [0.25, 0.3) is 5.56 Å². The first kappa shape index (κ1) is 26.5. The average Bonchev–Trinajstić information content (AvgIpc) is 3.41. The molecule has 0 fully saturated rings. The minimum atomic E-state index is -0.0472. The number of rotatable bonds is 11. The van der Waals surface area contributed by atoms with Crippen LogP contribution >= 0.6 is 0 Å². The molecule has 0 aliphatic carbocycles. The number of hydrogen-bond donors (Lipinski definition) is 1. The zero-order valence-corrected chi connectivity index (χ0v) is 23.0. The Bertz CT molecular complexity index is 1580. The molecular weight excluding hydrogens is 484 g/mol. The van der Waals surface area contributed by atoms with Gasteiger partial charge in [0.15, 0.2) is 5.82 Å². The summed E-state index contributed by atoms with van der Waals surface area (Å²) in [5.74, 6) is 0.838. The molecular formula is C32H36N6O. The zero-order valence-electron chi connectivity index (χ0n) is 23.0. The van der Waals surface area contributed by atoms with Gasteiger partial charge in [-0.3, -0.25) is 9.69 Å². The van der Waals surface area contributed by atoms with E-state index in [0.29, 0.717) is 13.1 Å². The number of pyridine rings is 1. The first-order valence-corrected chi connectivity index (χ1v) is 13.7. The molecule has 0 amide bonds. The van der Waals surface area contributed by atoms with Crippen molar-refractivity contribution < 1.29 is 0 Å². The summed E-state index contributed by atoms with van der Waals surface area (Å²) in [5, 5.41) is 13.9. The maximum Gasteiger partial charge on any atom is 0.252 e. The largest absolute Gasteiger partial charge is 0.322 e. The highest BCUT2D eigenvalue weighted by molar-refractivity contribution is 5.80. The standard InChI is InChI=1S/C32H36N6O/c1-4-30(31-34-35-36-38(31)18-16-26-13-9-6-10-14-26)37(17-15-25-11-7-5-8-12-25)22-28-21-27-19-23(2)24(3)20-29(27)33-32(28)39/h5-14,19-21,30H,4,15-18,22H2,1-3H3,(H,33,39)/t30-/m0/s1. The molecule has 1 N–H and O–H groups in total. The lowest BCUT2D eigenvalue weighted by molar-refractivity contribution is 0.171. The van der Waals surface area contributed by atoms with Crippen LogP contribution in [0.25, 0.3) is 10.9 Å². The van der Waals surface area contributed by atoms with Gasteiger partial charge in [0, 0.05) is 30.7 Å². The lowest BCUT2D eigenvalue weighted by Crippen LogP contribution is -2.34. The molecule has 7 nitrogen and oxygen atoms in total. The van der Waals surface area contributed by atoms with Crippen LogP contribution in [0.5, 0.6) is 0 Å². The Morgan fingerprint density at radius 2 is 1.56 bits per heavy atom. The third kappa shape index (κ3) is 6.32. The van der Waals surface area contributed by atoms with Crippen molar-refractivity contribution in [2.45, 2.75) is 59.2 Å². The van der Waals surface area contributed by atoms with Crippen LogP contribution in [0.4, 0.5) is 0 Å². The topological polar surface area (TPSA) is 79.7 Å². The molecule has 0 spiro atoms. The maximum absolute atomic E-state index is 13.2. The predicted molar refractivity (Wildman–Crippen MR) is 156 cm³/mol. The summed E-state index contributed by atoms with van der Waals surface area (Å²) in [4.78, 5) is 18.7. The fourth-order valence-electron chi connectivity index (χ4n) is 5.21. The summed E-state index contributed by atoms with van der Waals surface area (Å²) >= 11 is 0. The molecule has 0 saturated heterocycles. The number of nitrogens with zero attached hydrogens (tertiary/aromatic N) is 5. The zero-order chi connectivity index (χ0) is 27.2. The first-order chi connectivity index (χ1) is 19.0. The third-order valence-electron chi connectivity index (χ3n) is 7.58. The highest BCUT2D eigenvalue weighted by Crippen LogP contribution is 2.25. The number of aryl methyl sites for hydroxylation is 4. The smallest absolute Gasteiger partial charge is 0.252 e. The van der Waals surface area contributed by atoms with Crippen LogP contribution in [0.3, 0.4) is 0 Å². The van der Waals surface area contributed by atoms with Crippen LogP contribution < -0.4 is 5.56 Å². The molecule has 2 heterocycles. The molecule has 1 atom stereocenters. The molecule has 3 aromatic carbocycles. The molecule has 5 rings (SSSR count). The molecule has 0 aliphatic heterocycles. The van der Waals surface area contributed by atoms with Crippen molar-refractivity contribution >= 4 is 10.9 Å². The summed E-state index contributed by atoms with van der Waals surface area (Å²) in [7, 11) is 0. The Morgan fingerprint density at radius 1 is 0.897 bits per heavy atom. The fraction of sp³-hybridized carbons (Fsp3) is 0.312. The Hall–Kier alpha value is -4.10. The van der Waals surface area contributed by atoms with Gasteiger partial charge in [-0.15, -0.1) is 5.10 Å². The van der Waals surface area contributed by atoms with Crippen LogP contribution in [-0.4, -0.2) is 36.6 Å². The van der Waals surface area contributed by atoms with E-state index < -0.39 is 0 Å². The van der Waals surface area contributed by atoms with Gasteiger partial charge in [0.05, 0.1) is 6.04 Å². The Labute approximate surface area is 229 Å². The SMILES string of the molecule is CC[C@@H](c1nnnn1CCc1ccccc1)N(CCc1ccccc1)Cc1cc2cc(C)c(C)cc2[nH]c1=O. The Balaban J connectivity index is 1.45. The van der Waals surface area contributed by atoms with E-state index in [1.807, 2.05) is 22.9 Å². The molecule has 2 aromatic heterocycles. The summed E-state index contributed by atoms with van der Waals surface area (Å²) in [5.41, 5.74) is 6.48. The number of fused-ring (bicyclic) bond motifs is 1. The van der Waals surface area contributed by atoms with Gasteiger partial charge >= 0.3 is 0 Å². The summed E-state index contributed by atoms with van der Waals surface area (Å²) in [6.07, 6.45) is 2.54. The van der Waals surface area contributed by atoms with Crippen LogP contribution in [0.2, 0.25) is 0 Å². The third-order valence-corrected chi connectivity index (χ3v) is 7.58. The van der Waals surface area contributed by atoms with Crippen molar-refractivity contribution in [3.63, 3.8) is 0 Å². The van der Waals surface area contributed by atoms with Gasteiger partial charge in [0.1, 0.15) is 0 Å². The van der Waals surface area contributed by atoms with Crippen molar-refractivity contribution in [1.82, 2.24) is 30.1 Å². The minimum Gasteiger partial charge on any atom is -0.322 e. The van der Waals surface area contributed by atoms with Crippen LogP contribution in [0, 0.1) is 13.8 Å². The van der Waals surface area contributed by atoms with Crippen LogP contribution in [0.15, 0.2) is 83.7 Å². The first-order valence-electron chi connectivity index (χ1n) is 13.7. The van der Waals surface area contributed by atoms with Gasteiger partial charge in [0.2, 0.25) is 0 Å². The van der Waals surface area contributed by atoms with Gasteiger partial charge in [-0.1, -0.05) is 67.6 Å². The van der Waals surface area contributed by atoms with E-state index >= 15 is 0 Å². The van der Waals surface area contributed by atoms with Gasteiger partial charge in [-0.2, -0.15) is 0 Å². The van der Waals surface area contributed by atoms with E-state index in [1.165, 1.54) is 22.3 Å². The molecule has 0 bridgehead atoms. The van der Waals surface area contributed by atoms with E-state index in [2.05, 4.69) is 107 Å². The second-order valence-corrected chi connectivity index (χ2v) is 10.3. The van der Waals surface area contributed by atoms with E-state index in [4.69, 9.17) is 0 Å². The Kier molecular flexibility index (Phi) is 8.27. The van der Waals surface area contributed by atoms with Crippen molar-refractivity contribution in [3.8, 4) is 0 Å². The van der Waals surface area contributed by atoms with Crippen molar-refractivity contribution in [3.05, 3.63) is 123 Å². The normalized spacial score (nSPS) is 12.3. The number of aromatic amines is 1. The predicted octanol–water partition coefficient (Wildman–Crippen LogP) is 5.57. The lowest BCUT2D eigenvalue weighted by atomic mass is 10.0. The molecule has 5 aromatic rings. The number of aromatic nitrogens is 5. The molecule has 7 heteroatoms. The molecule has 0 radical (unpaired) electrons. The van der Waals surface area contributed by atoms with E-state index in [9.17, 15) is 4.79 Å². The second kappa shape index (κ2) is 12.2. The number of tetrazole rings is 1. The van der Waals surface area contributed by atoms with Crippen molar-refractivity contribution in [2.75, 3.05) is 6.54 Å². The minimum absolute atomic E-state index is 0.0330. The highest BCUT2D eigenvalue weighted by Gasteiger charge is 2.25. The summed E-state index contributed by atoms with van der Waals surface area (Å²) < 4.78 is 1.92. The summed E-state index contributed by atoms with van der Waals surface area (Å²) in [6.45, 7) is 8.32. The second-order valence-electron chi connectivity index (χ2n) is 10.3. The van der Waals surface area contributed by atoms with Crippen LogP contribution in [-0.2, 0) is 25.9 Å². The molecule has 39 heavy (non-hydrogen) atoms. The lowest BCUT2D eigenvalue weighted by Gasteiger charge is -2.30. The summed E-state index contributed by atoms with van der Waals surface area (Å²) in [6, 6.07) is 27.1. The number of hydrogen-bond acceptors (Lipinski definition) is 5. The maximum atomic E-state index is 13.2. The molecule has 0 saturated carbocycles. The number of H-pyrrole nitrogens is 1. The number of nitrogens with one attached hydrogen (secondary N) is 1. The Morgan fingerprint density at radius 3 is 2.26 bits per heavy atom. The van der Waals surface area contributed by atoms with Crippen LogP contribution in [0.1, 0.15) is 53.0 Å². The van der Waals surface area contributed by atoms with Crippen molar-refractivity contribution in [1.29, 1.82) is 0 Å². The van der Waals surface area contributed by atoms with Gasteiger partial charge in [-0.25, -0.2) is 4.68 Å². The molecule has 0 aliphatic rings.